The molecule has 0 aromatic heterocycles. The largest absolute Gasteiger partial charge is 0.372 e. The van der Waals surface area contributed by atoms with Crippen molar-refractivity contribution in [3.63, 3.8) is 0 Å². The molecule has 1 N–H and O–H groups in total. The Morgan fingerprint density at radius 1 is 0.700 bits per heavy atom. The summed E-state index contributed by atoms with van der Waals surface area (Å²) >= 11 is 0. The van der Waals surface area contributed by atoms with Crippen LogP contribution >= 0.6 is 24.8 Å². The zero-order chi connectivity index (χ0) is 12.2. The second kappa shape index (κ2) is 8.03. The third-order valence-electron chi connectivity index (χ3n) is 3.40. The summed E-state index contributed by atoms with van der Waals surface area (Å²) in [4.78, 5) is 2.45. The van der Waals surface area contributed by atoms with Crippen molar-refractivity contribution in [3.05, 3.63) is 54.6 Å². The number of nitrogens with one attached hydrogen (secondary N) is 1. The number of benzene rings is 2. The topological polar surface area (TPSA) is 15.3 Å². The van der Waals surface area contributed by atoms with Gasteiger partial charge in [-0.05, 0) is 49.2 Å². The maximum atomic E-state index is 3.40. The number of para-hydroxylation sites is 1. The molecule has 1 heterocycles. The molecule has 1 aliphatic rings. The number of hydrogen-bond donors (Lipinski definition) is 1. The van der Waals surface area contributed by atoms with Crippen LogP contribution in [0.3, 0.4) is 0 Å². The van der Waals surface area contributed by atoms with Gasteiger partial charge >= 0.3 is 0 Å². The van der Waals surface area contributed by atoms with Crippen LogP contribution in [-0.4, -0.2) is 13.1 Å². The predicted molar refractivity (Wildman–Crippen MR) is 92.1 cm³/mol. The average molecular weight is 311 g/mol. The summed E-state index contributed by atoms with van der Waals surface area (Å²) in [7, 11) is 0. The number of halogens is 2. The van der Waals surface area contributed by atoms with E-state index < -0.39 is 0 Å². The second-order valence-electron chi connectivity index (χ2n) is 4.73. The van der Waals surface area contributed by atoms with Crippen molar-refractivity contribution in [1.82, 2.24) is 0 Å². The molecule has 2 aromatic rings. The van der Waals surface area contributed by atoms with Gasteiger partial charge in [0.05, 0.1) is 0 Å². The first-order valence-electron chi connectivity index (χ1n) is 6.59. The van der Waals surface area contributed by atoms with Gasteiger partial charge in [-0.1, -0.05) is 18.2 Å². The lowest BCUT2D eigenvalue weighted by Crippen LogP contribution is -2.17. The first-order valence-corrected chi connectivity index (χ1v) is 6.59. The van der Waals surface area contributed by atoms with Gasteiger partial charge in [0, 0.05) is 30.2 Å². The lowest BCUT2D eigenvalue weighted by Gasteiger charge is -2.18. The molecule has 0 radical (unpaired) electrons. The van der Waals surface area contributed by atoms with E-state index in [0.29, 0.717) is 0 Å². The predicted octanol–water partition coefficient (Wildman–Crippen LogP) is 4.87. The Hall–Kier alpha value is -1.38. The third-order valence-corrected chi connectivity index (χ3v) is 3.40. The third kappa shape index (κ3) is 4.06. The van der Waals surface area contributed by atoms with Gasteiger partial charge in [0.2, 0.25) is 0 Å². The van der Waals surface area contributed by atoms with Crippen molar-refractivity contribution < 1.29 is 0 Å². The Labute approximate surface area is 133 Å². The van der Waals surface area contributed by atoms with Crippen molar-refractivity contribution in [2.45, 2.75) is 12.8 Å². The number of rotatable bonds is 3. The van der Waals surface area contributed by atoms with E-state index in [0.717, 1.165) is 11.4 Å². The van der Waals surface area contributed by atoms with Crippen molar-refractivity contribution in [1.29, 1.82) is 0 Å². The lowest BCUT2D eigenvalue weighted by molar-refractivity contribution is 0.949. The van der Waals surface area contributed by atoms with E-state index >= 15 is 0 Å². The van der Waals surface area contributed by atoms with E-state index in [-0.39, 0.29) is 24.8 Å². The SMILES string of the molecule is Cl.Cl.c1ccc(Nc2ccc(N3CCCC3)cc2)cc1. The highest BCUT2D eigenvalue weighted by molar-refractivity contribution is 5.85. The monoisotopic (exact) mass is 310 g/mol. The highest BCUT2D eigenvalue weighted by Crippen LogP contribution is 2.23. The fraction of sp³-hybridized carbons (Fsp3) is 0.250. The maximum Gasteiger partial charge on any atom is 0.0385 e. The Bertz CT molecular complexity index is 494. The van der Waals surface area contributed by atoms with Gasteiger partial charge in [-0.15, -0.1) is 24.8 Å². The molecule has 0 bridgehead atoms. The molecule has 0 atom stereocenters. The number of nitrogens with zero attached hydrogens (tertiary/aromatic N) is 1. The van der Waals surface area contributed by atoms with E-state index in [9.17, 15) is 0 Å². The lowest BCUT2D eigenvalue weighted by atomic mass is 10.2. The van der Waals surface area contributed by atoms with Crippen LogP contribution in [0.15, 0.2) is 54.6 Å². The van der Waals surface area contributed by atoms with Gasteiger partial charge < -0.3 is 10.2 Å². The first kappa shape index (κ1) is 16.7. The number of hydrogen-bond acceptors (Lipinski definition) is 2. The summed E-state index contributed by atoms with van der Waals surface area (Å²) in [6, 6.07) is 19.0. The molecular weight excluding hydrogens is 291 g/mol. The minimum Gasteiger partial charge on any atom is -0.372 e. The van der Waals surface area contributed by atoms with Gasteiger partial charge in [-0.25, -0.2) is 0 Å². The average Bonchev–Trinajstić information content (AvgIpc) is 2.95. The highest BCUT2D eigenvalue weighted by Gasteiger charge is 2.11. The van der Waals surface area contributed by atoms with Crippen LogP contribution in [0.4, 0.5) is 17.1 Å². The minimum atomic E-state index is 0. The second-order valence-corrected chi connectivity index (χ2v) is 4.73. The molecule has 0 aliphatic carbocycles. The van der Waals surface area contributed by atoms with Crippen molar-refractivity contribution >= 4 is 41.9 Å². The number of anilines is 3. The first-order chi connectivity index (χ1) is 8.92. The standard InChI is InChI=1S/C16H18N2.2ClH/c1-2-6-14(7-3-1)17-15-8-10-16(11-9-15)18-12-4-5-13-18;;/h1-3,6-11,17H,4-5,12-13H2;2*1H. The Balaban J connectivity index is 0.000001000. The molecule has 0 unspecified atom stereocenters. The van der Waals surface area contributed by atoms with Crippen LogP contribution in [0.5, 0.6) is 0 Å². The van der Waals surface area contributed by atoms with Gasteiger partial charge in [0.1, 0.15) is 0 Å². The van der Waals surface area contributed by atoms with Gasteiger partial charge in [0.15, 0.2) is 0 Å². The Morgan fingerprint density at radius 3 is 1.85 bits per heavy atom. The smallest absolute Gasteiger partial charge is 0.0385 e. The summed E-state index contributed by atoms with van der Waals surface area (Å²) < 4.78 is 0. The molecule has 20 heavy (non-hydrogen) atoms. The van der Waals surface area contributed by atoms with Crippen molar-refractivity contribution in [2.24, 2.45) is 0 Å². The van der Waals surface area contributed by atoms with Crippen LogP contribution in [0.2, 0.25) is 0 Å². The van der Waals surface area contributed by atoms with Crippen LogP contribution in [0.1, 0.15) is 12.8 Å². The summed E-state index contributed by atoms with van der Waals surface area (Å²) in [5, 5.41) is 3.40. The fourth-order valence-corrected chi connectivity index (χ4v) is 2.42. The molecule has 1 fully saturated rings. The van der Waals surface area contributed by atoms with Crippen molar-refractivity contribution in [2.75, 3.05) is 23.3 Å². The zero-order valence-electron chi connectivity index (χ0n) is 11.3. The molecule has 3 rings (SSSR count). The van der Waals surface area contributed by atoms with Crippen LogP contribution in [0.25, 0.3) is 0 Å². The molecular formula is C16H20Cl2N2. The van der Waals surface area contributed by atoms with E-state index in [4.69, 9.17) is 0 Å². The summed E-state index contributed by atoms with van der Waals surface area (Å²) in [6.07, 6.45) is 2.65. The van der Waals surface area contributed by atoms with Crippen LogP contribution in [-0.2, 0) is 0 Å². The van der Waals surface area contributed by atoms with E-state index in [1.54, 1.807) is 0 Å². The van der Waals surface area contributed by atoms with Crippen LogP contribution < -0.4 is 10.2 Å². The van der Waals surface area contributed by atoms with E-state index in [2.05, 4.69) is 46.6 Å². The molecule has 1 saturated heterocycles. The minimum absolute atomic E-state index is 0. The van der Waals surface area contributed by atoms with Crippen molar-refractivity contribution in [3.8, 4) is 0 Å². The quantitative estimate of drug-likeness (QED) is 0.869. The molecule has 2 aromatic carbocycles. The normalized spacial score (nSPS) is 13.3. The summed E-state index contributed by atoms with van der Waals surface area (Å²) in [5.74, 6) is 0. The molecule has 0 spiro atoms. The van der Waals surface area contributed by atoms with Crippen LogP contribution in [0, 0.1) is 0 Å². The summed E-state index contributed by atoms with van der Waals surface area (Å²) in [5.41, 5.74) is 3.61. The summed E-state index contributed by atoms with van der Waals surface area (Å²) in [6.45, 7) is 2.40. The molecule has 108 valence electrons. The Morgan fingerprint density at radius 2 is 1.25 bits per heavy atom. The molecule has 4 heteroatoms. The van der Waals surface area contributed by atoms with Gasteiger partial charge in [0.25, 0.3) is 0 Å². The van der Waals surface area contributed by atoms with Gasteiger partial charge in [-0.2, -0.15) is 0 Å². The Kier molecular flexibility index (Phi) is 6.69. The molecule has 2 nitrogen and oxygen atoms in total. The molecule has 1 aliphatic heterocycles. The maximum absolute atomic E-state index is 3.40. The highest BCUT2D eigenvalue weighted by atomic mass is 35.5. The molecule has 0 saturated carbocycles. The molecule has 0 amide bonds. The van der Waals surface area contributed by atoms with E-state index in [1.165, 1.54) is 31.6 Å². The van der Waals surface area contributed by atoms with Gasteiger partial charge in [-0.3, -0.25) is 0 Å². The van der Waals surface area contributed by atoms with E-state index in [1.807, 2.05) is 18.2 Å². The zero-order valence-corrected chi connectivity index (χ0v) is 12.9. The fourth-order valence-electron chi connectivity index (χ4n) is 2.42.